The van der Waals surface area contributed by atoms with Gasteiger partial charge in [0, 0.05) is 12.4 Å². The second-order valence-corrected chi connectivity index (χ2v) is 5.02. The van der Waals surface area contributed by atoms with Crippen molar-refractivity contribution in [3.8, 4) is 0 Å². The average Bonchev–Trinajstić information content (AvgIpc) is 2.92. The Morgan fingerprint density at radius 2 is 2.17 bits per heavy atom. The molecule has 5 heteroatoms. The van der Waals surface area contributed by atoms with Gasteiger partial charge in [0.2, 0.25) is 0 Å². The van der Waals surface area contributed by atoms with Crippen molar-refractivity contribution in [3.05, 3.63) is 52.5 Å². The van der Waals surface area contributed by atoms with E-state index in [9.17, 15) is 0 Å². The van der Waals surface area contributed by atoms with Crippen LogP contribution in [0.1, 0.15) is 17.5 Å². The van der Waals surface area contributed by atoms with Crippen LogP contribution in [0.15, 0.2) is 45.4 Å². The van der Waals surface area contributed by atoms with Gasteiger partial charge in [0.05, 0.1) is 16.4 Å². The van der Waals surface area contributed by atoms with Crippen LogP contribution in [-0.4, -0.2) is 9.78 Å². The molecule has 3 aromatic rings. The maximum Gasteiger partial charge on any atom is 0.134 e. The summed E-state index contributed by atoms with van der Waals surface area (Å²) in [4.78, 5) is 0. The molecular weight excluding hydrogens is 294 g/mol. The van der Waals surface area contributed by atoms with Crippen molar-refractivity contribution in [2.24, 2.45) is 12.8 Å². The molecule has 0 fully saturated rings. The molecule has 92 valence electrons. The van der Waals surface area contributed by atoms with Crippen LogP contribution in [0, 0.1) is 0 Å². The highest BCUT2D eigenvalue weighted by Crippen LogP contribution is 2.29. The molecule has 2 heterocycles. The minimum atomic E-state index is -0.334. The molecule has 0 spiro atoms. The molecule has 4 nitrogen and oxygen atoms in total. The molecule has 0 aliphatic heterocycles. The predicted octanol–water partition coefficient (Wildman–Crippen LogP) is 2.98. The third kappa shape index (κ3) is 1.76. The van der Waals surface area contributed by atoms with Crippen molar-refractivity contribution >= 4 is 26.9 Å². The van der Waals surface area contributed by atoms with Crippen molar-refractivity contribution in [3.63, 3.8) is 0 Å². The first-order valence-electron chi connectivity index (χ1n) is 5.58. The standard InChI is InChI=1S/C13H12BrN3O/c1-17-13(9(14)7-16-17)12(15)11-6-8-4-2-3-5-10(8)18-11/h2-7,12H,15H2,1H3. The maximum atomic E-state index is 6.24. The molecule has 1 unspecified atom stereocenters. The molecule has 1 atom stereocenters. The van der Waals surface area contributed by atoms with Crippen LogP contribution in [-0.2, 0) is 7.05 Å². The topological polar surface area (TPSA) is 57.0 Å². The number of nitrogens with two attached hydrogens (primary N) is 1. The number of aromatic nitrogens is 2. The number of furan rings is 1. The Balaban J connectivity index is 2.09. The summed E-state index contributed by atoms with van der Waals surface area (Å²) < 4.78 is 8.42. The average molecular weight is 306 g/mol. The zero-order valence-corrected chi connectivity index (χ0v) is 11.4. The van der Waals surface area contributed by atoms with Gasteiger partial charge in [-0.15, -0.1) is 0 Å². The van der Waals surface area contributed by atoms with Crippen LogP contribution >= 0.6 is 15.9 Å². The number of halogens is 1. The van der Waals surface area contributed by atoms with E-state index in [0.717, 1.165) is 26.9 Å². The van der Waals surface area contributed by atoms with E-state index in [2.05, 4.69) is 21.0 Å². The van der Waals surface area contributed by atoms with Gasteiger partial charge in [-0.3, -0.25) is 4.68 Å². The Kier molecular flexibility index (Phi) is 2.72. The number of para-hydroxylation sites is 1. The molecule has 0 saturated carbocycles. The van der Waals surface area contributed by atoms with Gasteiger partial charge < -0.3 is 10.2 Å². The van der Waals surface area contributed by atoms with Gasteiger partial charge in [-0.2, -0.15) is 5.10 Å². The summed E-state index contributed by atoms with van der Waals surface area (Å²) in [5, 5.41) is 5.22. The lowest BCUT2D eigenvalue weighted by Gasteiger charge is -2.09. The van der Waals surface area contributed by atoms with E-state index in [4.69, 9.17) is 10.2 Å². The minimum Gasteiger partial charge on any atom is -0.459 e. The van der Waals surface area contributed by atoms with Crippen LogP contribution in [0.2, 0.25) is 0 Å². The van der Waals surface area contributed by atoms with E-state index in [0.29, 0.717) is 0 Å². The first-order chi connectivity index (χ1) is 8.66. The van der Waals surface area contributed by atoms with Crippen molar-refractivity contribution < 1.29 is 4.42 Å². The van der Waals surface area contributed by atoms with E-state index in [1.165, 1.54) is 0 Å². The van der Waals surface area contributed by atoms with E-state index in [1.807, 2.05) is 37.4 Å². The second kappa shape index (κ2) is 4.26. The molecular formula is C13H12BrN3O. The number of nitrogens with zero attached hydrogens (tertiary/aromatic N) is 2. The van der Waals surface area contributed by atoms with Gasteiger partial charge in [0.25, 0.3) is 0 Å². The molecule has 2 aromatic heterocycles. The van der Waals surface area contributed by atoms with E-state index < -0.39 is 0 Å². The van der Waals surface area contributed by atoms with Crippen LogP contribution in [0.25, 0.3) is 11.0 Å². The lowest BCUT2D eigenvalue weighted by Crippen LogP contribution is -2.15. The fourth-order valence-corrected chi connectivity index (χ4v) is 2.66. The van der Waals surface area contributed by atoms with Gasteiger partial charge in [0.1, 0.15) is 17.4 Å². The monoisotopic (exact) mass is 305 g/mol. The highest BCUT2D eigenvalue weighted by Gasteiger charge is 2.20. The number of aryl methyl sites for hydroxylation is 1. The van der Waals surface area contributed by atoms with Gasteiger partial charge >= 0.3 is 0 Å². The summed E-state index contributed by atoms with van der Waals surface area (Å²) in [6.45, 7) is 0. The van der Waals surface area contributed by atoms with Gasteiger partial charge in [0.15, 0.2) is 0 Å². The largest absolute Gasteiger partial charge is 0.459 e. The van der Waals surface area contributed by atoms with Gasteiger partial charge in [-0.25, -0.2) is 0 Å². The molecule has 0 aliphatic carbocycles. The van der Waals surface area contributed by atoms with Crippen LogP contribution < -0.4 is 5.73 Å². The Morgan fingerprint density at radius 3 is 2.83 bits per heavy atom. The summed E-state index contributed by atoms with van der Waals surface area (Å²) in [5.41, 5.74) is 7.99. The summed E-state index contributed by atoms with van der Waals surface area (Å²) in [7, 11) is 1.86. The van der Waals surface area contributed by atoms with E-state index in [1.54, 1.807) is 10.9 Å². The molecule has 2 N–H and O–H groups in total. The first kappa shape index (κ1) is 11.5. The molecule has 0 saturated heterocycles. The summed E-state index contributed by atoms with van der Waals surface area (Å²) in [6.07, 6.45) is 1.73. The van der Waals surface area contributed by atoms with Crippen LogP contribution in [0.4, 0.5) is 0 Å². The van der Waals surface area contributed by atoms with Crippen molar-refractivity contribution in [2.45, 2.75) is 6.04 Å². The molecule has 3 rings (SSSR count). The molecule has 0 aliphatic rings. The number of rotatable bonds is 2. The van der Waals surface area contributed by atoms with Crippen molar-refractivity contribution in [1.82, 2.24) is 9.78 Å². The minimum absolute atomic E-state index is 0.334. The summed E-state index contributed by atoms with van der Waals surface area (Å²) >= 11 is 3.45. The number of hydrogen-bond donors (Lipinski definition) is 1. The third-order valence-electron chi connectivity index (χ3n) is 2.98. The molecule has 0 radical (unpaired) electrons. The van der Waals surface area contributed by atoms with E-state index in [-0.39, 0.29) is 6.04 Å². The summed E-state index contributed by atoms with van der Waals surface area (Å²) in [6, 6.07) is 9.50. The first-order valence-corrected chi connectivity index (χ1v) is 6.37. The number of hydrogen-bond acceptors (Lipinski definition) is 3. The molecule has 18 heavy (non-hydrogen) atoms. The van der Waals surface area contributed by atoms with Crippen molar-refractivity contribution in [2.75, 3.05) is 0 Å². The zero-order chi connectivity index (χ0) is 12.7. The maximum absolute atomic E-state index is 6.24. The summed E-state index contributed by atoms with van der Waals surface area (Å²) in [5.74, 6) is 0.737. The third-order valence-corrected chi connectivity index (χ3v) is 3.59. The Labute approximate surface area is 113 Å². The normalized spacial score (nSPS) is 13.1. The van der Waals surface area contributed by atoms with Gasteiger partial charge in [-0.05, 0) is 28.1 Å². The molecule has 1 aromatic carbocycles. The Morgan fingerprint density at radius 1 is 1.39 bits per heavy atom. The quantitative estimate of drug-likeness (QED) is 0.792. The van der Waals surface area contributed by atoms with Gasteiger partial charge in [-0.1, -0.05) is 18.2 Å². The fraction of sp³-hybridized carbons (Fsp3) is 0.154. The lowest BCUT2D eigenvalue weighted by atomic mass is 10.1. The fourth-order valence-electron chi connectivity index (χ4n) is 2.06. The molecule has 0 bridgehead atoms. The number of benzene rings is 1. The number of fused-ring (bicyclic) bond motifs is 1. The smallest absolute Gasteiger partial charge is 0.134 e. The lowest BCUT2D eigenvalue weighted by molar-refractivity contribution is 0.508. The molecule has 0 amide bonds. The van der Waals surface area contributed by atoms with Crippen LogP contribution in [0.3, 0.4) is 0 Å². The predicted molar refractivity (Wildman–Crippen MR) is 73.2 cm³/mol. The van der Waals surface area contributed by atoms with E-state index >= 15 is 0 Å². The zero-order valence-electron chi connectivity index (χ0n) is 9.80. The highest BCUT2D eigenvalue weighted by molar-refractivity contribution is 9.10. The SMILES string of the molecule is Cn1ncc(Br)c1C(N)c1cc2ccccc2o1. The van der Waals surface area contributed by atoms with Crippen LogP contribution in [0.5, 0.6) is 0 Å². The second-order valence-electron chi connectivity index (χ2n) is 4.17. The van der Waals surface area contributed by atoms with Crippen molar-refractivity contribution in [1.29, 1.82) is 0 Å². The Hall–Kier alpha value is -1.59. The Bertz CT molecular complexity index is 649. The highest BCUT2D eigenvalue weighted by atomic mass is 79.9.